The van der Waals surface area contributed by atoms with Gasteiger partial charge in [-0.05, 0) is 36.2 Å². The number of nitrogens with one attached hydrogen (secondary N) is 1. The number of ether oxygens (including phenoxy) is 1. The van der Waals surface area contributed by atoms with Crippen molar-refractivity contribution >= 4 is 40.5 Å². The predicted molar refractivity (Wildman–Crippen MR) is 155 cm³/mol. The SMILES string of the molecule is CCN(Cc1ccc2nc(OC)[nH]c(=O)c2c1)N(C(=O)CC[C@H](N)C(=O)O)[C@](CCC(=O)O)(C(=O)O)C(=O)c1ccccc1F. The Labute approximate surface area is 255 Å². The fraction of sp³-hybridized carbons (Fsp3) is 0.345. The first-order valence-corrected chi connectivity index (χ1v) is 13.6. The van der Waals surface area contributed by atoms with Crippen LogP contribution in [0.3, 0.4) is 0 Å². The third-order valence-electron chi connectivity index (χ3n) is 7.09. The standard InChI is InChI=1S/C29H32FN5O10/c1-3-34(15-16-8-10-21-18(14-16)25(40)33-28(32-21)45-2)35(22(36)11-9-20(31)26(41)42)29(27(43)44,13-12-23(37)38)24(39)17-6-4-5-7-19(17)30/h4-8,10,14,20H,3,9,11-13,15,31H2,1-2H3,(H,37,38)(H,41,42)(H,43,44)(H,32,33,40)/t20-,29-/m0/s1. The molecule has 0 radical (unpaired) electrons. The number of fused-ring (bicyclic) bond motifs is 1. The van der Waals surface area contributed by atoms with E-state index >= 15 is 0 Å². The van der Waals surface area contributed by atoms with Crippen LogP contribution in [0.2, 0.25) is 0 Å². The van der Waals surface area contributed by atoms with Crippen LogP contribution < -0.4 is 16.0 Å². The number of amides is 1. The zero-order valence-electron chi connectivity index (χ0n) is 24.4. The summed E-state index contributed by atoms with van der Waals surface area (Å²) >= 11 is 0. The summed E-state index contributed by atoms with van der Waals surface area (Å²) in [7, 11) is 1.31. The van der Waals surface area contributed by atoms with Crippen molar-refractivity contribution in [3.05, 3.63) is 69.8 Å². The Balaban J connectivity index is 2.24. The fourth-order valence-corrected chi connectivity index (χ4v) is 4.78. The molecule has 0 saturated carbocycles. The molecular weight excluding hydrogens is 597 g/mol. The first-order chi connectivity index (χ1) is 21.3. The predicted octanol–water partition coefficient (Wildman–Crippen LogP) is 1.40. The number of carboxylic acid groups (broad SMARTS) is 3. The molecule has 1 amide bonds. The molecule has 2 atom stereocenters. The molecule has 6 N–H and O–H groups in total. The average molecular weight is 630 g/mol. The van der Waals surface area contributed by atoms with Crippen LogP contribution in [-0.4, -0.2) is 90.1 Å². The Morgan fingerprint density at radius 1 is 1.09 bits per heavy atom. The third kappa shape index (κ3) is 7.47. The first kappa shape index (κ1) is 34.3. The highest BCUT2D eigenvalue weighted by Gasteiger charge is 2.56. The lowest BCUT2D eigenvalue weighted by Crippen LogP contribution is -2.67. The largest absolute Gasteiger partial charge is 0.481 e. The minimum Gasteiger partial charge on any atom is -0.481 e. The number of carbonyl (C=O) groups is 5. The number of carboxylic acids is 3. The molecule has 0 aliphatic carbocycles. The quantitative estimate of drug-likeness (QED) is 0.0857. The van der Waals surface area contributed by atoms with Crippen molar-refractivity contribution in [1.82, 2.24) is 20.0 Å². The number of nitrogens with zero attached hydrogens (tertiary/aromatic N) is 3. The van der Waals surface area contributed by atoms with E-state index < -0.39 is 83.8 Å². The second-order valence-electron chi connectivity index (χ2n) is 9.96. The van der Waals surface area contributed by atoms with Crippen molar-refractivity contribution in [2.75, 3.05) is 13.7 Å². The third-order valence-corrected chi connectivity index (χ3v) is 7.09. The van der Waals surface area contributed by atoms with Gasteiger partial charge in [0.15, 0.2) is 0 Å². The van der Waals surface area contributed by atoms with Crippen molar-refractivity contribution in [1.29, 1.82) is 0 Å². The van der Waals surface area contributed by atoms with E-state index in [1.807, 2.05) is 0 Å². The number of hydrogen-bond acceptors (Lipinski definition) is 10. The Morgan fingerprint density at radius 3 is 2.36 bits per heavy atom. The zero-order chi connectivity index (χ0) is 33.5. The Kier molecular flexibility index (Phi) is 11.0. The maximum Gasteiger partial charge on any atom is 0.339 e. The van der Waals surface area contributed by atoms with E-state index in [0.717, 1.165) is 17.1 Å². The maximum absolute atomic E-state index is 14.9. The Hall–Kier alpha value is -5.22. The molecule has 0 aliphatic rings. The van der Waals surface area contributed by atoms with Gasteiger partial charge >= 0.3 is 17.9 Å². The van der Waals surface area contributed by atoms with Gasteiger partial charge in [-0.15, -0.1) is 0 Å². The van der Waals surface area contributed by atoms with Gasteiger partial charge in [0.1, 0.15) is 11.9 Å². The molecule has 240 valence electrons. The number of hydrazine groups is 1. The van der Waals surface area contributed by atoms with Gasteiger partial charge in [0.25, 0.3) is 11.6 Å². The summed E-state index contributed by atoms with van der Waals surface area (Å²) in [5.41, 5.74) is 1.92. The highest BCUT2D eigenvalue weighted by Crippen LogP contribution is 2.32. The minimum atomic E-state index is -3.00. The average Bonchev–Trinajstić information content (AvgIpc) is 3.00. The van der Waals surface area contributed by atoms with Crippen molar-refractivity contribution in [2.45, 2.75) is 50.7 Å². The van der Waals surface area contributed by atoms with E-state index in [1.165, 1.54) is 44.4 Å². The number of hydrogen-bond donors (Lipinski definition) is 5. The number of aliphatic carboxylic acids is 3. The van der Waals surface area contributed by atoms with E-state index in [0.29, 0.717) is 10.6 Å². The first-order valence-electron chi connectivity index (χ1n) is 13.6. The highest BCUT2D eigenvalue weighted by molar-refractivity contribution is 6.18. The molecular formula is C29H32FN5O10. The van der Waals surface area contributed by atoms with Gasteiger partial charge in [0, 0.05) is 32.4 Å². The summed E-state index contributed by atoms with van der Waals surface area (Å²) in [6.45, 7) is 1.06. The van der Waals surface area contributed by atoms with Gasteiger partial charge in [-0.25, -0.2) is 19.2 Å². The van der Waals surface area contributed by atoms with Crippen molar-refractivity contribution < 1.29 is 48.4 Å². The monoisotopic (exact) mass is 629 g/mol. The number of benzene rings is 2. The van der Waals surface area contributed by atoms with E-state index in [-0.39, 0.29) is 30.0 Å². The molecule has 0 fully saturated rings. The molecule has 0 bridgehead atoms. The van der Waals surface area contributed by atoms with Crippen LogP contribution >= 0.6 is 0 Å². The molecule has 3 rings (SSSR count). The summed E-state index contributed by atoms with van der Waals surface area (Å²) in [5.74, 6) is -8.49. The molecule has 16 heteroatoms. The van der Waals surface area contributed by atoms with Gasteiger partial charge in [-0.1, -0.05) is 25.1 Å². The molecule has 0 spiro atoms. The number of rotatable bonds is 16. The molecule has 0 unspecified atom stereocenters. The number of aromatic amines is 1. The van der Waals surface area contributed by atoms with Crippen molar-refractivity contribution in [3.63, 3.8) is 0 Å². The lowest BCUT2D eigenvalue weighted by Gasteiger charge is -2.45. The Morgan fingerprint density at radius 2 is 1.78 bits per heavy atom. The molecule has 1 aromatic heterocycles. The molecule has 15 nitrogen and oxygen atoms in total. The Bertz CT molecular complexity index is 1680. The van der Waals surface area contributed by atoms with E-state index in [9.17, 15) is 48.5 Å². The molecule has 0 saturated heterocycles. The van der Waals surface area contributed by atoms with E-state index in [4.69, 9.17) is 10.5 Å². The van der Waals surface area contributed by atoms with E-state index in [2.05, 4.69) is 9.97 Å². The van der Waals surface area contributed by atoms with Gasteiger partial charge in [0.05, 0.1) is 23.6 Å². The summed E-state index contributed by atoms with van der Waals surface area (Å²) in [6.07, 6.45) is -3.03. The van der Waals surface area contributed by atoms with Gasteiger partial charge in [0.2, 0.25) is 17.2 Å². The van der Waals surface area contributed by atoms with Crippen molar-refractivity contribution in [3.8, 4) is 6.01 Å². The van der Waals surface area contributed by atoms with Crippen LogP contribution in [-0.2, 0) is 25.7 Å². The minimum absolute atomic E-state index is 0.0388. The number of carbonyl (C=O) groups excluding carboxylic acids is 2. The molecule has 0 aliphatic heterocycles. The van der Waals surface area contributed by atoms with Crippen LogP contribution in [0, 0.1) is 5.82 Å². The topological polar surface area (TPSA) is 234 Å². The van der Waals surface area contributed by atoms with E-state index in [1.54, 1.807) is 0 Å². The number of methoxy groups -OCH3 is 1. The summed E-state index contributed by atoms with van der Waals surface area (Å²) in [4.78, 5) is 83.4. The summed E-state index contributed by atoms with van der Waals surface area (Å²) in [6, 6.07) is 7.30. The lowest BCUT2D eigenvalue weighted by molar-refractivity contribution is -0.180. The number of nitrogens with two attached hydrogens (primary N) is 1. The van der Waals surface area contributed by atoms with Crippen LogP contribution in [0.1, 0.15) is 48.5 Å². The van der Waals surface area contributed by atoms with Crippen molar-refractivity contribution in [2.24, 2.45) is 5.73 Å². The second kappa shape index (κ2) is 14.5. The van der Waals surface area contributed by atoms with Crippen LogP contribution in [0.4, 0.5) is 4.39 Å². The smallest absolute Gasteiger partial charge is 0.339 e. The van der Waals surface area contributed by atoms with Gasteiger partial charge in [-0.2, -0.15) is 4.98 Å². The number of Topliss-reactive ketones (excluding diaryl/α,β-unsaturated/α-hetero) is 1. The number of halogens is 1. The molecule has 45 heavy (non-hydrogen) atoms. The lowest BCUT2D eigenvalue weighted by atomic mass is 9.83. The number of H-pyrrole nitrogens is 1. The fourth-order valence-electron chi connectivity index (χ4n) is 4.78. The van der Waals surface area contributed by atoms with Crippen LogP contribution in [0.5, 0.6) is 6.01 Å². The highest BCUT2D eigenvalue weighted by atomic mass is 19.1. The normalized spacial score (nSPS) is 13.2. The number of aromatic nitrogens is 2. The summed E-state index contributed by atoms with van der Waals surface area (Å²) < 4.78 is 19.9. The maximum atomic E-state index is 14.9. The molecule has 1 heterocycles. The molecule has 2 aromatic carbocycles. The van der Waals surface area contributed by atoms with Gasteiger partial charge in [-0.3, -0.25) is 29.0 Å². The molecule has 3 aromatic rings. The van der Waals surface area contributed by atoms with Crippen LogP contribution in [0.15, 0.2) is 47.3 Å². The number of ketones is 1. The second-order valence-corrected chi connectivity index (χ2v) is 9.96. The summed E-state index contributed by atoms with van der Waals surface area (Å²) in [5, 5.41) is 31.2. The zero-order valence-corrected chi connectivity index (χ0v) is 24.4. The van der Waals surface area contributed by atoms with Crippen LogP contribution in [0.25, 0.3) is 10.9 Å². The van der Waals surface area contributed by atoms with Gasteiger partial charge < -0.3 is 25.8 Å².